The summed E-state index contributed by atoms with van der Waals surface area (Å²) in [4.78, 5) is 0. The lowest BCUT2D eigenvalue weighted by molar-refractivity contribution is 0.138. The summed E-state index contributed by atoms with van der Waals surface area (Å²) in [5.74, 6) is 1.01. The number of aryl methyl sites for hydroxylation is 1. The second kappa shape index (κ2) is 4.02. The molecule has 0 aromatic heterocycles. The molecular formula is C17H19NO. The Morgan fingerprint density at radius 2 is 1.84 bits per heavy atom. The third kappa shape index (κ3) is 2.30. The van der Waals surface area contributed by atoms with Crippen LogP contribution in [-0.2, 0) is 6.42 Å². The smallest absolute Gasteiger partial charge is 0.123 e. The zero-order valence-electron chi connectivity index (χ0n) is 11.7. The molecule has 2 heteroatoms. The molecule has 0 saturated heterocycles. The third-order valence-electron chi connectivity index (χ3n) is 3.50. The van der Waals surface area contributed by atoms with Crippen LogP contribution in [0.4, 0.5) is 5.69 Å². The number of anilines is 1. The molecule has 3 rings (SSSR count). The number of nitrogen functional groups attached to an aromatic ring is 1. The first kappa shape index (κ1) is 12.1. The topological polar surface area (TPSA) is 35.2 Å². The van der Waals surface area contributed by atoms with Gasteiger partial charge in [0, 0.05) is 12.1 Å². The molecule has 19 heavy (non-hydrogen) atoms. The summed E-state index contributed by atoms with van der Waals surface area (Å²) in [6.07, 6.45) is 0.956. The maximum atomic E-state index is 5.93. The average molecular weight is 253 g/mol. The third-order valence-corrected chi connectivity index (χ3v) is 3.50. The normalized spacial score (nSPS) is 15.9. The predicted octanol–water partition coefficient (Wildman–Crippen LogP) is 3.96. The average Bonchev–Trinajstić information content (AvgIpc) is 2.60. The largest absolute Gasteiger partial charge is 0.487 e. The van der Waals surface area contributed by atoms with Crippen molar-refractivity contribution in [2.45, 2.75) is 32.8 Å². The molecule has 2 nitrogen and oxygen atoms in total. The van der Waals surface area contributed by atoms with Crippen molar-refractivity contribution in [2.24, 2.45) is 0 Å². The summed E-state index contributed by atoms with van der Waals surface area (Å²) < 4.78 is 5.91. The monoisotopic (exact) mass is 253 g/mol. The Bertz CT molecular complexity index is 623. The molecule has 1 heterocycles. The summed E-state index contributed by atoms with van der Waals surface area (Å²) in [6, 6.07) is 12.6. The van der Waals surface area contributed by atoms with Gasteiger partial charge in [0.05, 0.1) is 0 Å². The highest BCUT2D eigenvalue weighted by molar-refractivity contribution is 5.70. The summed E-state index contributed by atoms with van der Waals surface area (Å²) >= 11 is 0. The van der Waals surface area contributed by atoms with Gasteiger partial charge in [0.15, 0.2) is 0 Å². The van der Waals surface area contributed by atoms with Gasteiger partial charge in [0.2, 0.25) is 0 Å². The SMILES string of the molecule is Cc1cc(N)cc(-c2ccc3c(c2)CC(C)(C)O3)c1. The van der Waals surface area contributed by atoms with E-state index < -0.39 is 0 Å². The Balaban J connectivity index is 2.04. The number of rotatable bonds is 1. The van der Waals surface area contributed by atoms with E-state index in [2.05, 4.69) is 45.0 Å². The minimum absolute atomic E-state index is 0.0907. The van der Waals surface area contributed by atoms with Gasteiger partial charge < -0.3 is 10.5 Å². The van der Waals surface area contributed by atoms with Gasteiger partial charge in [-0.05, 0) is 67.3 Å². The minimum atomic E-state index is -0.0907. The molecule has 2 aromatic carbocycles. The Hall–Kier alpha value is -1.96. The van der Waals surface area contributed by atoms with E-state index in [4.69, 9.17) is 10.5 Å². The molecule has 0 bridgehead atoms. The maximum absolute atomic E-state index is 5.93. The van der Waals surface area contributed by atoms with Crippen molar-refractivity contribution in [1.82, 2.24) is 0 Å². The van der Waals surface area contributed by atoms with Gasteiger partial charge in [-0.2, -0.15) is 0 Å². The van der Waals surface area contributed by atoms with Crippen LogP contribution in [0.15, 0.2) is 36.4 Å². The maximum Gasteiger partial charge on any atom is 0.123 e. The Labute approximate surface area is 114 Å². The van der Waals surface area contributed by atoms with Crippen LogP contribution in [0.2, 0.25) is 0 Å². The van der Waals surface area contributed by atoms with Crippen LogP contribution < -0.4 is 10.5 Å². The number of hydrogen-bond acceptors (Lipinski definition) is 2. The fourth-order valence-corrected chi connectivity index (χ4v) is 2.77. The van der Waals surface area contributed by atoms with Crippen LogP contribution >= 0.6 is 0 Å². The number of hydrogen-bond donors (Lipinski definition) is 1. The fraction of sp³-hybridized carbons (Fsp3) is 0.294. The van der Waals surface area contributed by atoms with E-state index in [1.165, 1.54) is 22.3 Å². The van der Waals surface area contributed by atoms with Gasteiger partial charge >= 0.3 is 0 Å². The molecular weight excluding hydrogens is 234 g/mol. The van der Waals surface area contributed by atoms with E-state index in [9.17, 15) is 0 Å². The van der Waals surface area contributed by atoms with Gasteiger partial charge in [-0.15, -0.1) is 0 Å². The highest BCUT2D eigenvalue weighted by Crippen LogP contribution is 2.37. The predicted molar refractivity (Wildman–Crippen MR) is 79.4 cm³/mol. The van der Waals surface area contributed by atoms with Crippen LogP contribution in [0.25, 0.3) is 11.1 Å². The zero-order chi connectivity index (χ0) is 13.6. The highest BCUT2D eigenvalue weighted by atomic mass is 16.5. The van der Waals surface area contributed by atoms with Crippen molar-refractivity contribution in [3.05, 3.63) is 47.5 Å². The van der Waals surface area contributed by atoms with Crippen molar-refractivity contribution in [3.63, 3.8) is 0 Å². The fourth-order valence-electron chi connectivity index (χ4n) is 2.77. The van der Waals surface area contributed by atoms with E-state index in [-0.39, 0.29) is 5.60 Å². The van der Waals surface area contributed by atoms with Gasteiger partial charge in [0.25, 0.3) is 0 Å². The minimum Gasteiger partial charge on any atom is -0.487 e. The van der Waals surface area contributed by atoms with E-state index >= 15 is 0 Å². The lowest BCUT2D eigenvalue weighted by atomic mass is 9.97. The first-order chi connectivity index (χ1) is 8.93. The molecule has 0 spiro atoms. The van der Waals surface area contributed by atoms with Crippen LogP contribution in [0, 0.1) is 6.92 Å². The second-order valence-electron chi connectivity index (χ2n) is 5.99. The zero-order valence-corrected chi connectivity index (χ0v) is 11.7. The van der Waals surface area contributed by atoms with E-state index in [0.29, 0.717) is 0 Å². The Morgan fingerprint density at radius 3 is 2.58 bits per heavy atom. The van der Waals surface area contributed by atoms with Gasteiger partial charge in [-0.3, -0.25) is 0 Å². The first-order valence-corrected chi connectivity index (χ1v) is 6.62. The van der Waals surface area contributed by atoms with Gasteiger partial charge in [0.1, 0.15) is 11.4 Å². The van der Waals surface area contributed by atoms with E-state index in [1.807, 2.05) is 12.1 Å². The van der Waals surface area contributed by atoms with Crippen molar-refractivity contribution in [3.8, 4) is 16.9 Å². The van der Waals surface area contributed by atoms with Gasteiger partial charge in [-0.25, -0.2) is 0 Å². The summed E-state index contributed by atoms with van der Waals surface area (Å²) in [6.45, 7) is 6.31. The van der Waals surface area contributed by atoms with Crippen LogP contribution in [-0.4, -0.2) is 5.60 Å². The van der Waals surface area contributed by atoms with Gasteiger partial charge in [-0.1, -0.05) is 12.1 Å². The molecule has 0 saturated carbocycles. The molecule has 2 aromatic rings. The van der Waals surface area contributed by atoms with Crippen LogP contribution in [0.1, 0.15) is 25.0 Å². The van der Waals surface area contributed by atoms with Crippen LogP contribution in [0.3, 0.4) is 0 Å². The quantitative estimate of drug-likeness (QED) is 0.781. The van der Waals surface area contributed by atoms with Crippen molar-refractivity contribution < 1.29 is 4.74 Å². The number of ether oxygens (including phenoxy) is 1. The standard InChI is InChI=1S/C17H19NO/c1-11-6-13(9-15(18)7-11)12-4-5-16-14(8-12)10-17(2,3)19-16/h4-9H,10,18H2,1-3H3. The molecule has 0 aliphatic carbocycles. The molecule has 1 aliphatic heterocycles. The number of nitrogens with two attached hydrogens (primary N) is 1. The van der Waals surface area contributed by atoms with E-state index in [1.54, 1.807) is 0 Å². The van der Waals surface area contributed by atoms with Crippen LogP contribution in [0.5, 0.6) is 5.75 Å². The molecule has 1 aliphatic rings. The van der Waals surface area contributed by atoms with Crippen molar-refractivity contribution in [1.29, 1.82) is 0 Å². The second-order valence-corrected chi connectivity index (χ2v) is 5.99. The Kier molecular flexibility index (Phi) is 2.56. The summed E-state index contributed by atoms with van der Waals surface area (Å²) in [5.41, 5.74) is 11.5. The molecule has 0 atom stereocenters. The molecule has 98 valence electrons. The summed E-state index contributed by atoms with van der Waals surface area (Å²) in [5, 5.41) is 0. The Morgan fingerprint density at radius 1 is 1.05 bits per heavy atom. The molecule has 2 N–H and O–H groups in total. The van der Waals surface area contributed by atoms with Crippen molar-refractivity contribution in [2.75, 3.05) is 5.73 Å². The summed E-state index contributed by atoms with van der Waals surface area (Å²) in [7, 11) is 0. The first-order valence-electron chi connectivity index (χ1n) is 6.62. The lowest BCUT2D eigenvalue weighted by Gasteiger charge is -2.16. The molecule has 0 fully saturated rings. The highest BCUT2D eigenvalue weighted by Gasteiger charge is 2.29. The lowest BCUT2D eigenvalue weighted by Crippen LogP contribution is -2.24. The number of benzene rings is 2. The molecule has 0 amide bonds. The van der Waals surface area contributed by atoms with E-state index in [0.717, 1.165) is 17.9 Å². The molecule has 0 radical (unpaired) electrons. The molecule has 0 unspecified atom stereocenters. The number of fused-ring (bicyclic) bond motifs is 1. The van der Waals surface area contributed by atoms with Crippen molar-refractivity contribution >= 4 is 5.69 Å².